The number of phenols is 1. The summed E-state index contributed by atoms with van der Waals surface area (Å²) in [6.07, 6.45) is -0.624. The molecule has 5 aromatic rings. The molecule has 4 heterocycles. The number of benzene rings is 5. The van der Waals surface area contributed by atoms with Gasteiger partial charge in [0, 0.05) is 30.8 Å². The van der Waals surface area contributed by atoms with Crippen molar-refractivity contribution in [2.75, 3.05) is 40.3 Å². The first-order chi connectivity index (χ1) is 32.0. The van der Waals surface area contributed by atoms with Crippen LogP contribution in [-0.2, 0) is 56.6 Å². The fourth-order valence-electron chi connectivity index (χ4n) is 10.4. The van der Waals surface area contributed by atoms with E-state index in [4.69, 9.17) is 23.7 Å². The zero-order valence-electron chi connectivity index (χ0n) is 36.7. The average molecular weight is 890 g/mol. The molecule has 2 amide bonds. The zero-order chi connectivity index (χ0) is 46.3. The van der Waals surface area contributed by atoms with Gasteiger partial charge in [0.05, 0.1) is 46.4 Å². The molecule has 0 bridgehead atoms. The van der Waals surface area contributed by atoms with Gasteiger partial charge in [0.2, 0.25) is 11.8 Å². The second-order valence-corrected chi connectivity index (χ2v) is 16.7. The Bertz CT molecular complexity index is 2770. The van der Waals surface area contributed by atoms with E-state index in [0.717, 1.165) is 22.3 Å². The Morgan fingerprint density at radius 3 is 2.06 bits per heavy atom. The highest BCUT2D eigenvalue weighted by atomic mass is 16.6. The van der Waals surface area contributed by atoms with E-state index in [1.807, 2.05) is 77.7 Å². The molecule has 14 nitrogen and oxygen atoms in total. The number of ether oxygens (including phenoxy) is 5. The van der Waals surface area contributed by atoms with Crippen molar-refractivity contribution in [3.05, 3.63) is 154 Å². The number of carbonyl (C=O) groups is 5. The van der Waals surface area contributed by atoms with Crippen molar-refractivity contribution in [3.8, 4) is 29.1 Å². The van der Waals surface area contributed by atoms with Crippen LogP contribution in [0.1, 0.15) is 63.6 Å². The highest BCUT2D eigenvalue weighted by Gasteiger charge is 2.74. The predicted octanol–water partition coefficient (Wildman–Crippen LogP) is 5.97. The van der Waals surface area contributed by atoms with Crippen molar-refractivity contribution in [2.45, 2.75) is 49.0 Å². The van der Waals surface area contributed by atoms with Crippen LogP contribution in [0.25, 0.3) is 0 Å². The number of esters is 3. The lowest BCUT2D eigenvalue weighted by Crippen LogP contribution is -2.56. The minimum Gasteiger partial charge on any atom is -0.508 e. The summed E-state index contributed by atoms with van der Waals surface area (Å²) in [5.41, 5.74) is 3.30. The number of anilines is 1. The molecule has 0 aromatic heterocycles. The number of nitrogens with one attached hydrogen (secondary N) is 1. The van der Waals surface area contributed by atoms with Gasteiger partial charge in [-0.05, 0) is 82.3 Å². The number of hydrogen-bond acceptors (Lipinski definition) is 12. The van der Waals surface area contributed by atoms with Gasteiger partial charge in [0.15, 0.2) is 17.4 Å². The largest absolute Gasteiger partial charge is 0.508 e. The van der Waals surface area contributed by atoms with Crippen LogP contribution in [0.5, 0.6) is 17.2 Å². The van der Waals surface area contributed by atoms with Gasteiger partial charge < -0.3 is 39.0 Å². The van der Waals surface area contributed by atoms with Gasteiger partial charge in [-0.3, -0.25) is 28.9 Å². The fraction of sp³-hybridized carbons (Fsp3) is 0.288. The van der Waals surface area contributed by atoms with Crippen LogP contribution in [0.3, 0.4) is 0 Å². The number of fused-ring (bicyclic) bond motifs is 4. The summed E-state index contributed by atoms with van der Waals surface area (Å²) in [5, 5.41) is 13.8. The summed E-state index contributed by atoms with van der Waals surface area (Å²) in [4.78, 5) is 75.7. The molecule has 2 fully saturated rings. The summed E-state index contributed by atoms with van der Waals surface area (Å²) in [7, 11) is 5.45. The van der Waals surface area contributed by atoms with Gasteiger partial charge in [0.1, 0.15) is 23.3 Å². The lowest BCUT2D eigenvalue weighted by atomic mass is 9.65. The number of phenolic OH excluding ortho intramolecular Hbond substituents is 1. The first-order valence-corrected chi connectivity index (χ1v) is 21.5. The van der Waals surface area contributed by atoms with Crippen LogP contribution >= 0.6 is 0 Å². The van der Waals surface area contributed by atoms with Crippen molar-refractivity contribution in [1.29, 1.82) is 0 Å². The van der Waals surface area contributed by atoms with Gasteiger partial charge in [-0.1, -0.05) is 84.6 Å². The molecule has 4 aliphatic rings. The molecule has 1 spiro atoms. The topological polar surface area (TPSA) is 170 Å². The van der Waals surface area contributed by atoms with Crippen molar-refractivity contribution >= 4 is 35.4 Å². The normalized spacial score (nSPS) is 22.8. The monoisotopic (exact) mass is 889 g/mol. The van der Waals surface area contributed by atoms with Gasteiger partial charge in [0.25, 0.3) is 0 Å². The third-order valence-corrected chi connectivity index (χ3v) is 13.3. The second kappa shape index (κ2) is 17.7. The van der Waals surface area contributed by atoms with Gasteiger partial charge in [-0.2, -0.15) is 0 Å². The summed E-state index contributed by atoms with van der Waals surface area (Å²) in [6.45, 7) is 0.429. The third kappa shape index (κ3) is 7.25. The molecule has 0 aliphatic carbocycles. The van der Waals surface area contributed by atoms with Crippen LogP contribution in [0.15, 0.2) is 115 Å². The van der Waals surface area contributed by atoms with Crippen LogP contribution in [-0.4, -0.2) is 85.7 Å². The molecule has 0 saturated carbocycles. The van der Waals surface area contributed by atoms with E-state index in [9.17, 15) is 14.7 Å². The van der Waals surface area contributed by atoms with E-state index in [-0.39, 0.29) is 25.3 Å². The van der Waals surface area contributed by atoms with E-state index in [0.29, 0.717) is 40.3 Å². The highest BCUT2D eigenvalue weighted by molar-refractivity contribution is 6.12. The molecule has 66 heavy (non-hydrogen) atoms. The average Bonchev–Trinajstić information content (AvgIpc) is 3.83. The minimum atomic E-state index is -1.82. The maximum atomic E-state index is 16.0. The number of cyclic esters (lactones) is 1. The number of nitrogens with zero attached hydrogens (tertiary/aromatic N) is 2. The molecular weight excluding hydrogens is 843 g/mol. The maximum Gasteiger partial charge on any atom is 0.324 e. The highest BCUT2D eigenvalue weighted by Crippen LogP contribution is 2.65. The summed E-state index contributed by atoms with van der Waals surface area (Å²) in [6, 6.07) is 31.3. The Morgan fingerprint density at radius 2 is 1.42 bits per heavy atom. The van der Waals surface area contributed by atoms with Crippen molar-refractivity contribution in [2.24, 2.45) is 11.8 Å². The van der Waals surface area contributed by atoms with Crippen molar-refractivity contribution in [1.82, 2.24) is 9.80 Å². The van der Waals surface area contributed by atoms with Gasteiger partial charge in [-0.15, -0.1) is 0 Å². The second-order valence-electron chi connectivity index (χ2n) is 16.7. The molecule has 5 aromatic carbocycles. The van der Waals surface area contributed by atoms with E-state index in [1.165, 1.54) is 26.4 Å². The Balaban J connectivity index is 1.27. The molecule has 4 aliphatic heterocycles. The number of rotatable bonds is 9. The lowest BCUT2D eigenvalue weighted by molar-refractivity contribution is -0.179. The van der Waals surface area contributed by atoms with E-state index < -0.39 is 71.2 Å². The standard InChI is InChI=1S/C52H47N3O11/c1-62-40-27-34-24-25-54(29-35(34)28-41(40)63-2)47(57)42-44-50(60)66-45(32-15-9-6-10-16-32)43(31-13-7-5-8-14-31)55(44)46(33-19-21-36(56)22-20-33)52(42)38-26-30(18-23-39(38)53-51(52)61)12-11-17-37(48(58)64-3)49(59)65-4/h5-10,13-16,18-23,26-28,37,42-46,56H,17,24-25,29H2,1-4H3,(H,53,61). The van der Waals surface area contributed by atoms with E-state index in [2.05, 4.69) is 17.2 Å². The van der Waals surface area contributed by atoms with Crippen LogP contribution in [0.4, 0.5) is 5.69 Å². The summed E-state index contributed by atoms with van der Waals surface area (Å²) < 4.78 is 27.5. The molecule has 2 saturated heterocycles. The van der Waals surface area contributed by atoms with Crippen molar-refractivity contribution in [3.63, 3.8) is 0 Å². The summed E-state index contributed by atoms with van der Waals surface area (Å²) >= 11 is 0. The molecule has 0 radical (unpaired) electrons. The number of hydrogen-bond donors (Lipinski definition) is 2. The molecule has 2 N–H and O–H groups in total. The van der Waals surface area contributed by atoms with Gasteiger partial charge >= 0.3 is 17.9 Å². The third-order valence-electron chi connectivity index (χ3n) is 13.3. The molecular formula is C52H47N3O11. The Hall–Kier alpha value is -7.63. The quantitative estimate of drug-likeness (QED) is 0.0771. The molecule has 6 atom stereocenters. The predicted molar refractivity (Wildman–Crippen MR) is 239 cm³/mol. The SMILES string of the molecule is COC(=O)C(CC#Cc1ccc2c(c1)C1(C(=O)N2)C(C(=O)N2CCc3cc(OC)c(OC)cc3C2)C2C(=O)OC(c3ccccc3)C(c3ccccc3)N2C1c1ccc(O)cc1)C(=O)OC. The number of aromatic hydroxyl groups is 1. The number of carbonyl (C=O) groups excluding carboxylic acids is 5. The Morgan fingerprint density at radius 1 is 0.788 bits per heavy atom. The van der Waals surface area contributed by atoms with Crippen molar-refractivity contribution < 1.29 is 52.8 Å². The number of morpholine rings is 1. The fourth-order valence-corrected chi connectivity index (χ4v) is 10.4. The minimum absolute atomic E-state index is 0.0140. The zero-order valence-corrected chi connectivity index (χ0v) is 36.7. The lowest BCUT2D eigenvalue weighted by Gasteiger charge is -2.46. The summed E-state index contributed by atoms with van der Waals surface area (Å²) in [5.74, 6) is 1.14. The van der Waals surface area contributed by atoms with Gasteiger partial charge in [-0.25, -0.2) is 0 Å². The first kappa shape index (κ1) is 43.6. The maximum absolute atomic E-state index is 16.0. The molecule has 14 heteroatoms. The van der Waals surface area contributed by atoms with Crippen LogP contribution in [0.2, 0.25) is 0 Å². The Kier molecular flexibility index (Phi) is 11.7. The van der Waals surface area contributed by atoms with Crippen LogP contribution in [0, 0.1) is 23.7 Å². The van der Waals surface area contributed by atoms with E-state index in [1.54, 1.807) is 49.5 Å². The molecule has 9 rings (SSSR count). The Labute approximate surface area is 381 Å². The smallest absolute Gasteiger partial charge is 0.324 e. The molecule has 336 valence electrons. The number of methoxy groups -OCH3 is 4. The number of amides is 2. The van der Waals surface area contributed by atoms with E-state index >= 15 is 14.4 Å². The molecule has 6 unspecified atom stereocenters. The first-order valence-electron chi connectivity index (χ1n) is 21.5. The van der Waals surface area contributed by atoms with Crippen LogP contribution < -0.4 is 14.8 Å².